The molecule has 0 amide bonds. The molecule has 0 saturated heterocycles. The van der Waals surface area contributed by atoms with Gasteiger partial charge in [-0.3, -0.25) is 4.98 Å². The van der Waals surface area contributed by atoms with Crippen LogP contribution in [-0.4, -0.2) is 11.2 Å². The molecule has 0 fully saturated rings. The van der Waals surface area contributed by atoms with Crippen LogP contribution in [0.4, 0.5) is 0 Å². The van der Waals surface area contributed by atoms with Crippen molar-refractivity contribution in [1.29, 1.82) is 0 Å². The van der Waals surface area contributed by atoms with Crippen LogP contribution < -0.4 is 0 Å². The van der Waals surface area contributed by atoms with Gasteiger partial charge in [0, 0.05) is 16.0 Å². The van der Waals surface area contributed by atoms with Crippen LogP contribution in [0.15, 0.2) is 29.2 Å². The molecule has 0 radical (unpaired) electrons. The van der Waals surface area contributed by atoms with E-state index in [0.717, 1.165) is 11.2 Å². The molecule has 2 heteroatoms. The highest BCUT2D eigenvalue weighted by Crippen LogP contribution is 2.26. The molecule has 1 heterocycles. The molecule has 0 aliphatic heterocycles. The lowest BCUT2D eigenvalue weighted by atomic mass is 10.1. The van der Waals surface area contributed by atoms with Gasteiger partial charge in [-0.15, -0.1) is 11.8 Å². The molecule has 0 saturated carbocycles. The monoisotopic (exact) mass is 203 g/mol. The van der Waals surface area contributed by atoms with E-state index in [1.165, 1.54) is 15.8 Å². The van der Waals surface area contributed by atoms with Gasteiger partial charge in [-0.25, -0.2) is 0 Å². The highest BCUT2D eigenvalue weighted by molar-refractivity contribution is 7.98. The SMILES string of the molecule is CSc1cccc2c(C)cc(C)nc12. The van der Waals surface area contributed by atoms with Gasteiger partial charge in [0.2, 0.25) is 0 Å². The average Bonchev–Trinajstić information content (AvgIpc) is 2.17. The van der Waals surface area contributed by atoms with Crippen molar-refractivity contribution in [1.82, 2.24) is 4.98 Å². The number of thioether (sulfide) groups is 1. The van der Waals surface area contributed by atoms with E-state index >= 15 is 0 Å². The summed E-state index contributed by atoms with van der Waals surface area (Å²) in [6.07, 6.45) is 2.09. The molecule has 0 aliphatic rings. The van der Waals surface area contributed by atoms with Crippen LogP contribution in [0.3, 0.4) is 0 Å². The third kappa shape index (κ3) is 1.50. The van der Waals surface area contributed by atoms with Crippen molar-refractivity contribution < 1.29 is 0 Å². The Kier molecular flexibility index (Phi) is 2.46. The normalized spacial score (nSPS) is 10.8. The minimum absolute atomic E-state index is 1.09. The van der Waals surface area contributed by atoms with Gasteiger partial charge < -0.3 is 0 Å². The summed E-state index contributed by atoms with van der Waals surface area (Å²) in [5, 5.41) is 1.27. The number of hydrogen-bond donors (Lipinski definition) is 0. The Morgan fingerprint density at radius 2 is 2.00 bits per heavy atom. The number of aromatic nitrogens is 1. The summed E-state index contributed by atoms with van der Waals surface area (Å²) in [4.78, 5) is 5.85. The Bertz CT molecular complexity index is 477. The molecular formula is C12H13NS. The lowest BCUT2D eigenvalue weighted by Crippen LogP contribution is -1.88. The summed E-state index contributed by atoms with van der Waals surface area (Å²) >= 11 is 1.75. The summed E-state index contributed by atoms with van der Waals surface area (Å²) in [6.45, 7) is 4.19. The van der Waals surface area contributed by atoms with Gasteiger partial charge >= 0.3 is 0 Å². The second kappa shape index (κ2) is 3.62. The summed E-state index contributed by atoms with van der Waals surface area (Å²) < 4.78 is 0. The predicted molar refractivity (Wildman–Crippen MR) is 63.0 cm³/mol. The lowest BCUT2D eigenvalue weighted by Gasteiger charge is -2.06. The number of fused-ring (bicyclic) bond motifs is 1. The molecule has 14 heavy (non-hydrogen) atoms. The maximum Gasteiger partial charge on any atom is 0.0843 e. The Hall–Kier alpha value is -1.02. The molecule has 2 aromatic rings. The van der Waals surface area contributed by atoms with Crippen LogP contribution in [0.2, 0.25) is 0 Å². The van der Waals surface area contributed by atoms with Crippen molar-refractivity contribution in [3.63, 3.8) is 0 Å². The van der Waals surface area contributed by atoms with Crippen molar-refractivity contribution in [3.05, 3.63) is 35.5 Å². The van der Waals surface area contributed by atoms with Crippen molar-refractivity contribution >= 4 is 22.7 Å². The smallest absolute Gasteiger partial charge is 0.0843 e. The number of pyridine rings is 1. The molecule has 0 bridgehead atoms. The van der Waals surface area contributed by atoms with E-state index in [4.69, 9.17) is 0 Å². The van der Waals surface area contributed by atoms with Gasteiger partial charge in [-0.2, -0.15) is 0 Å². The highest BCUT2D eigenvalue weighted by Gasteiger charge is 2.03. The van der Waals surface area contributed by atoms with Gasteiger partial charge in [-0.05, 0) is 37.8 Å². The molecule has 1 nitrogen and oxygen atoms in total. The first-order valence-electron chi connectivity index (χ1n) is 4.63. The van der Waals surface area contributed by atoms with E-state index in [0.29, 0.717) is 0 Å². The van der Waals surface area contributed by atoms with E-state index in [-0.39, 0.29) is 0 Å². The van der Waals surface area contributed by atoms with Crippen molar-refractivity contribution in [2.45, 2.75) is 18.7 Å². The fourth-order valence-corrected chi connectivity index (χ4v) is 2.28. The number of benzene rings is 1. The van der Waals surface area contributed by atoms with Gasteiger partial charge in [0.25, 0.3) is 0 Å². The van der Waals surface area contributed by atoms with Crippen molar-refractivity contribution in [2.24, 2.45) is 0 Å². The van der Waals surface area contributed by atoms with Gasteiger partial charge in [-0.1, -0.05) is 12.1 Å². The third-order valence-electron chi connectivity index (χ3n) is 2.36. The van der Waals surface area contributed by atoms with Crippen LogP contribution in [-0.2, 0) is 0 Å². The average molecular weight is 203 g/mol. The van der Waals surface area contributed by atoms with Crippen LogP contribution in [0.25, 0.3) is 10.9 Å². The van der Waals surface area contributed by atoms with Crippen LogP contribution in [0, 0.1) is 13.8 Å². The Morgan fingerprint density at radius 1 is 1.21 bits per heavy atom. The first kappa shape index (κ1) is 9.53. The van der Waals surface area contributed by atoms with Gasteiger partial charge in [0.1, 0.15) is 0 Å². The maximum atomic E-state index is 4.59. The summed E-state index contributed by atoms with van der Waals surface area (Å²) in [5.74, 6) is 0. The highest BCUT2D eigenvalue weighted by atomic mass is 32.2. The molecule has 0 atom stereocenters. The fourth-order valence-electron chi connectivity index (χ4n) is 1.72. The fraction of sp³-hybridized carbons (Fsp3) is 0.250. The second-order valence-electron chi connectivity index (χ2n) is 3.44. The lowest BCUT2D eigenvalue weighted by molar-refractivity contribution is 1.21. The quantitative estimate of drug-likeness (QED) is 0.657. The van der Waals surface area contributed by atoms with Crippen LogP contribution in [0.5, 0.6) is 0 Å². The number of hydrogen-bond acceptors (Lipinski definition) is 2. The van der Waals surface area contributed by atoms with E-state index in [1.807, 2.05) is 6.92 Å². The zero-order valence-electron chi connectivity index (χ0n) is 8.66. The largest absolute Gasteiger partial charge is 0.252 e. The molecule has 1 aromatic carbocycles. The van der Waals surface area contributed by atoms with Crippen LogP contribution in [0.1, 0.15) is 11.3 Å². The minimum atomic E-state index is 1.09. The molecule has 0 spiro atoms. The summed E-state index contributed by atoms with van der Waals surface area (Å²) in [5.41, 5.74) is 3.54. The molecule has 1 aromatic heterocycles. The van der Waals surface area contributed by atoms with E-state index in [2.05, 4.69) is 42.4 Å². The second-order valence-corrected chi connectivity index (χ2v) is 4.29. The third-order valence-corrected chi connectivity index (χ3v) is 3.13. The first-order chi connectivity index (χ1) is 6.72. The zero-order chi connectivity index (χ0) is 10.1. The molecule has 0 N–H and O–H groups in total. The maximum absolute atomic E-state index is 4.59. The minimum Gasteiger partial charge on any atom is -0.252 e. The molecule has 72 valence electrons. The topological polar surface area (TPSA) is 12.9 Å². The Morgan fingerprint density at radius 3 is 2.71 bits per heavy atom. The molecule has 2 rings (SSSR count). The molecule has 0 unspecified atom stereocenters. The number of rotatable bonds is 1. The standard InChI is InChI=1S/C12H13NS/c1-8-7-9(2)13-12-10(8)5-4-6-11(12)14-3/h4-7H,1-3H3. The van der Waals surface area contributed by atoms with Gasteiger partial charge in [0.15, 0.2) is 0 Å². The molecule has 0 aliphatic carbocycles. The number of para-hydroxylation sites is 1. The van der Waals surface area contributed by atoms with Crippen LogP contribution >= 0.6 is 11.8 Å². The summed E-state index contributed by atoms with van der Waals surface area (Å²) in [7, 11) is 0. The van der Waals surface area contributed by atoms with Crippen molar-refractivity contribution in [2.75, 3.05) is 6.26 Å². The van der Waals surface area contributed by atoms with Gasteiger partial charge in [0.05, 0.1) is 5.52 Å². The number of aryl methyl sites for hydroxylation is 2. The summed E-state index contributed by atoms with van der Waals surface area (Å²) in [6, 6.07) is 8.49. The van der Waals surface area contributed by atoms with E-state index in [1.54, 1.807) is 11.8 Å². The Labute approximate surface area is 88.6 Å². The van der Waals surface area contributed by atoms with Crippen molar-refractivity contribution in [3.8, 4) is 0 Å². The van der Waals surface area contributed by atoms with E-state index in [9.17, 15) is 0 Å². The first-order valence-corrected chi connectivity index (χ1v) is 5.86. The van der Waals surface area contributed by atoms with E-state index < -0.39 is 0 Å². The Balaban J connectivity index is 2.86. The zero-order valence-corrected chi connectivity index (χ0v) is 9.48. The molecular weight excluding hydrogens is 190 g/mol. The predicted octanol–water partition coefficient (Wildman–Crippen LogP) is 3.57. The number of nitrogens with zero attached hydrogens (tertiary/aromatic N) is 1.